The Labute approximate surface area is 148 Å². The topological polar surface area (TPSA) is 58.2 Å². The van der Waals surface area contributed by atoms with Crippen LogP contribution in [0.4, 0.5) is 23.2 Å². The van der Waals surface area contributed by atoms with Gasteiger partial charge >= 0.3 is 6.18 Å². The summed E-state index contributed by atoms with van der Waals surface area (Å²) < 4.78 is 78.9. The summed E-state index contributed by atoms with van der Waals surface area (Å²) in [4.78, 5) is -0.654. The highest BCUT2D eigenvalue weighted by Gasteiger charge is 2.35. The smallest absolute Gasteiger partial charge is 0.316 e. The molecule has 0 aromatic heterocycles. The van der Waals surface area contributed by atoms with Gasteiger partial charge in [0, 0.05) is 12.2 Å². The van der Waals surface area contributed by atoms with Gasteiger partial charge in [-0.15, -0.1) is 0 Å². The number of benzene rings is 2. The fourth-order valence-corrected chi connectivity index (χ4v) is 3.97. The number of hydrogen-bond acceptors (Lipinski definition) is 3. The molecule has 0 spiro atoms. The van der Waals surface area contributed by atoms with Crippen molar-refractivity contribution in [3.63, 3.8) is 0 Å². The number of sulfonamides is 1. The summed E-state index contributed by atoms with van der Waals surface area (Å²) in [6, 6.07) is 8.31. The van der Waals surface area contributed by atoms with Gasteiger partial charge in [-0.2, -0.15) is 13.2 Å². The third-order valence-corrected chi connectivity index (χ3v) is 5.60. The summed E-state index contributed by atoms with van der Waals surface area (Å²) >= 11 is 0. The van der Waals surface area contributed by atoms with Crippen LogP contribution in [0.2, 0.25) is 0 Å². The van der Waals surface area contributed by atoms with E-state index in [0.29, 0.717) is 12.1 Å². The lowest BCUT2D eigenvalue weighted by Gasteiger charge is -2.14. The Balaban J connectivity index is 1.89. The molecule has 1 aliphatic rings. The van der Waals surface area contributed by atoms with Gasteiger partial charge < -0.3 is 5.32 Å². The van der Waals surface area contributed by atoms with E-state index >= 15 is 0 Å². The molecule has 2 aromatic rings. The van der Waals surface area contributed by atoms with Crippen LogP contribution in [-0.4, -0.2) is 21.5 Å². The van der Waals surface area contributed by atoms with Crippen molar-refractivity contribution in [1.29, 1.82) is 0 Å². The first-order valence-electron chi connectivity index (χ1n) is 7.87. The van der Waals surface area contributed by atoms with Gasteiger partial charge in [0.05, 0.1) is 10.5 Å². The molecule has 9 heteroatoms. The maximum atomic E-state index is 13.4. The first kappa shape index (κ1) is 18.7. The van der Waals surface area contributed by atoms with Crippen molar-refractivity contribution in [2.75, 3.05) is 17.8 Å². The van der Waals surface area contributed by atoms with Crippen LogP contribution in [0.1, 0.15) is 23.5 Å². The van der Waals surface area contributed by atoms with Crippen LogP contribution in [0, 0.1) is 5.82 Å². The van der Waals surface area contributed by atoms with Crippen molar-refractivity contribution in [3.05, 3.63) is 59.4 Å². The molecular weight excluding hydrogens is 372 g/mol. The standard InChI is InChI=1S/C17H16F4N2O2S/c18-16-5-4-14(9-15(16)17(19,20)21)26(24,25)23-13-3-1-2-11(8-13)12-6-7-22-10-12/h1-5,8-9,12,22-23H,6-7,10H2/t12-/m1/s1. The third-order valence-electron chi connectivity index (χ3n) is 4.22. The minimum atomic E-state index is -4.98. The number of rotatable bonds is 4. The van der Waals surface area contributed by atoms with E-state index in [2.05, 4.69) is 10.0 Å². The SMILES string of the molecule is O=S(=O)(Nc1cccc([C@@H]2CCNC2)c1)c1ccc(F)c(C(F)(F)F)c1. The quantitative estimate of drug-likeness (QED) is 0.785. The molecule has 2 N–H and O–H groups in total. The highest BCUT2D eigenvalue weighted by molar-refractivity contribution is 7.92. The monoisotopic (exact) mass is 388 g/mol. The summed E-state index contributed by atoms with van der Waals surface area (Å²) in [5, 5.41) is 3.21. The van der Waals surface area contributed by atoms with E-state index in [0.717, 1.165) is 31.1 Å². The van der Waals surface area contributed by atoms with Gasteiger partial charge in [0.2, 0.25) is 0 Å². The van der Waals surface area contributed by atoms with Crippen LogP contribution in [0.5, 0.6) is 0 Å². The molecular formula is C17H16F4N2O2S. The van der Waals surface area contributed by atoms with E-state index in [4.69, 9.17) is 0 Å². The Morgan fingerprint density at radius 3 is 2.54 bits per heavy atom. The molecule has 0 aliphatic carbocycles. The van der Waals surface area contributed by atoms with Crippen molar-refractivity contribution in [2.45, 2.75) is 23.4 Å². The molecule has 0 saturated carbocycles. The van der Waals surface area contributed by atoms with Crippen LogP contribution in [0.15, 0.2) is 47.4 Å². The molecule has 0 radical (unpaired) electrons. The van der Waals surface area contributed by atoms with Crippen LogP contribution >= 0.6 is 0 Å². The lowest BCUT2D eigenvalue weighted by atomic mass is 9.98. The highest BCUT2D eigenvalue weighted by Crippen LogP contribution is 2.33. The minimum Gasteiger partial charge on any atom is -0.316 e. The maximum Gasteiger partial charge on any atom is 0.419 e. The largest absolute Gasteiger partial charge is 0.419 e. The molecule has 26 heavy (non-hydrogen) atoms. The fourth-order valence-electron chi connectivity index (χ4n) is 2.90. The number of hydrogen-bond donors (Lipinski definition) is 2. The summed E-state index contributed by atoms with van der Waals surface area (Å²) in [5.41, 5.74) is -0.441. The van der Waals surface area contributed by atoms with Gasteiger partial charge in [-0.3, -0.25) is 4.72 Å². The molecule has 0 unspecified atom stereocenters. The van der Waals surface area contributed by atoms with Crippen LogP contribution in [0.3, 0.4) is 0 Å². The second-order valence-corrected chi connectivity index (χ2v) is 7.74. The lowest BCUT2D eigenvalue weighted by Crippen LogP contribution is -2.16. The van der Waals surface area contributed by atoms with Gasteiger partial charge in [-0.25, -0.2) is 12.8 Å². The molecule has 4 nitrogen and oxygen atoms in total. The Morgan fingerprint density at radius 2 is 1.88 bits per heavy atom. The van der Waals surface area contributed by atoms with E-state index in [1.54, 1.807) is 12.1 Å². The van der Waals surface area contributed by atoms with Crippen molar-refractivity contribution in [1.82, 2.24) is 5.32 Å². The van der Waals surface area contributed by atoms with Crippen LogP contribution < -0.4 is 10.0 Å². The van der Waals surface area contributed by atoms with E-state index < -0.39 is 32.5 Å². The second-order valence-electron chi connectivity index (χ2n) is 6.06. The normalized spacial score (nSPS) is 18.1. The van der Waals surface area contributed by atoms with Gasteiger partial charge in [0.15, 0.2) is 0 Å². The van der Waals surface area contributed by atoms with Gasteiger partial charge in [0.25, 0.3) is 10.0 Å². The molecule has 1 saturated heterocycles. The van der Waals surface area contributed by atoms with Crippen LogP contribution in [-0.2, 0) is 16.2 Å². The van der Waals surface area contributed by atoms with E-state index in [-0.39, 0.29) is 11.6 Å². The molecule has 0 amide bonds. The Kier molecular flexibility index (Phi) is 4.94. The van der Waals surface area contributed by atoms with Gasteiger partial charge in [0.1, 0.15) is 5.82 Å². The number of halogens is 4. The Bertz CT molecular complexity index is 907. The highest BCUT2D eigenvalue weighted by atomic mass is 32.2. The minimum absolute atomic E-state index is 0.243. The average Bonchev–Trinajstić information content (AvgIpc) is 3.08. The zero-order valence-corrected chi connectivity index (χ0v) is 14.3. The molecule has 1 atom stereocenters. The zero-order chi connectivity index (χ0) is 18.9. The summed E-state index contributed by atoms with van der Waals surface area (Å²) in [6.45, 7) is 1.65. The second kappa shape index (κ2) is 6.88. The first-order valence-corrected chi connectivity index (χ1v) is 9.35. The van der Waals surface area contributed by atoms with E-state index in [1.807, 2.05) is 6.07 Å². The van der Waals surface area contributed by atoms with Crippen molar-refractivity contribution >= 4 is 15.7 Å². The molecule has 2 aromatic carbocycles. The van der Waals surface area contributed by atoms with Crippen LogP contribution in [0.25, 0.3) is 0 Å². The molecule has 1 fully saturated rings. The zero-order valence-electron chi connectivity index (χ0n) is 13.5. The molecule has 1 heterocycles. The molecule has 140 valence electrons. The third kappa shape index (κ3) is 3.99. The number of nitrogens with one attached hydrogen (secondary N) is 2. The predicted molar refractivity (Wildman–Crippen MR) is 88.9 cm³/mol. The van der Waals surface area contributed by atoms with Gasteiger partial charge in [-0.1, -0.05) is 12.1 Å². The summed E-state index contributed by atoms with van der Waals surface area (Å²) in [7, 11) is -4.29. The van der Waals surface area contributed by atoms with E-state index in [9.17, 15) is 26.0 Å². The molecule has 1 aliphatic heterocycles. The summed E-state index contributed by atoms with van der Waals surface area (Å²) in [5.74, 6) is -1.27. The van der Waals surface area contributed by atoms with Crippen molar-refractivity contribution in [3.8, 4) is 0 Å². The van der Waals surface area contributed by atoms with E-state index in [1.165, 1.54) is 6.07 Å². The first-order chi connectivity index (χ1) is 12.2. The summed E-state index contributed by atoms with van der Waals surface area (Å²) in [6.07, 6.45) is -4.06. The number of alkyl halides is 3. The Hall–Kier alpha value is -2.13. The average molecular weight is 388 g/mol. The molecule has 0 bridgehead atoms. The lowest BCUT2D eigenvalue weighted by molar-refractivity contribution is -0.140. The Morgan fingerprint density at radius 1 is 1.12 bits per heavy atom. The molecule has 3 rings (SSSR count). The fraction of sp³-hybridized carbons (Fsp3) is 0.294. The van der Waals surface area contributed by atoms with Crippen molar-refractivity contribution < 1.29 is 26.0 Å². The van der Waals surface area contributed by atoms with Crippen molar-refractivity contribution in [2.24, 2.45) is 0 Å². The predicted octanol–water partition coefficient (Wildman–Crippen LogP) is 3.72. The maximum absolute atomic E-state index is 13.4. The van der Waals surface area contributed by atoms with Gasteiger partial charge in [-0.05, 0) is 54.8 Å². The number of anilines is 1.